The largest absolute Gasteiger partial charge is 0.375 e. The van der Waals surface area contributed by atoms with E-state index in [9.17, 15) is 8.42 Å². The van der Waals surface area contributed by atoms with Crippen LogP contribution in [0.3, 0.4) is 0 Å². The Bertz CT molecular complexity index is 756. The molecule has 0 fully saturated rings. The fourth-order valence-electron chi connectivity index (χ4n) is 2.06. The number of ether oxygens (including phenoxy) is 1. The van der Waals surface area contributed by atoms with Gasteiger partial charge in [-0.25, -0.2) is 13.1 Å². The van der Waals surface area contributed by atoms with E-state index < -0.39 is 10.0 Å². The summed E-state index contributed by atoms with van der Waals surface area (Å²) >= 11 is 7.29. The van der Waals surface area contributed by atoms with Crippen molar-refractivity contribution in [2.24, 2.45) is 0 Å². The molecule has 0 saturated carbocycles. The van der Waals surface area contributed by atoms with Gasteiger partial charge in [-0.2, -0.15) is 0 Å². The van der Waals surface area contributed by atoms with E-state index in [0.29, 0.717) is 14.8 Å². The molecule has 22 heavy (non-hydrogen) atoms. The Kier molecular flexibility index (Phi) is 5.63. The molecule has 7 heteroatoms. The predicted octanol–water partition coefficient (Wildman–Crippen LogP) is 3.68. The highest BCUT2D eigenvalue weighted by Crippen LogP contribution is 2.28. The average molecular weight is 360 g/mol. The molecule has 0 aliphatic carbocycles. The van der Waals surface area contributed by atoms with Gasteiger partial charge < -0.3 is 4.74 Å². The lowest BCUT2D eigenvalue weighted by molar-refractivity contribution is 0.110. The van der Waals surface area contributed by atoms with E-state index in [4.69, 9.17) is 16.3 Å². The minimum absolute atomic E-state index is 0.156. The van der Waals surface area contributed by atoms with Crippen molar-refractivity contribution in [3.63, 3.8) is 0 Å². The maximum atomic E-state index is 12.5. The van der Waals surface area contributed by atoms with Crippen LogP contribution in [0, 0.1) is 13.8 Å². The van der Waals surface area contributed by atoms with Crippen molar-refractivity contribution in [3.05, 3.63) is 50.7 Å². The lowest BCUT2D eigenvalue weighted by atomic mass is 10.2. The molecular weight excluding hydrogens is 342 g/mol. The van der Waals surface area contributed by atoms with Crippen molar-refractivity contribution in [2.75, 3.05) is 13.7 Å². The Hall–Kier alpha value is -0.920. The summed E-state index contributed by atoms with van der Waals surface area (Å²) in [5.41, 5.74) is 1.62. The van der Waals surface area contributed by atoms with E-state index in [1.54, 1.807) is 32.2 Å². The number of rotatable bonds is 6. The van der Waals surface area contributed by atoms with Crippen molar-refractivity contribution < 1.29 is 13.2 Å². The third-order valence-electron chi connectivity index (χ3n) is 3.29. The molecule has 0 bridgehead atoms. The van der Waals surface area contributed by atoms with Crippen LogP contribution in [0.15, 0.2) is 35.2 Å². The zero-order valence-electron chi connectivity index (χ0n) is 12.6. The predicted molar refractivity (Wildman–Crippen MR) is 90.2 cm³/mol. The van der Waals surface area contributed by atoms with Crippen molar-refractivity contribution in [1.82, 2.24) is 4.72 Å². The van der Waals surface area contributed by atoms with E-state index in [-0.39, 0.29) is 12.6 Å². The van der Waals surface area contributed by atoms with Crippen molar-refractivity contribution in [2.45, 2.75) is 24.8 Å². The van der Waals surface area contributed by atoms with Gasteiger partial charge in [-0.1, -0.05) is 23.7 Å². The summed E-state index contributed by atoms with van der Waals surface area (Å²) in [7, 11) is -2.03. The molecule has 0 aliphatic heterocycles. The molecule has 1 aromatic heterocycles. The number of aryl methyl sites for hydroxylation is 2. The Morgan fingerprint density at radius 1 is 1.27 bits per heavy atom. The topological polar surface area (TPSA) is 55.4 Å². The smallest absolute Gasteiger partial charge is 0.240 e. The van der Waals surface area contributed by atoms with Gasteiger partial charge in [0.2, 0.25) is 10.0 Å². The zero-order chi connectivity index (χ0) is 16.3. The fraction of sp³-hybridized carbons (Fsp3) is 0.333. The maximum Gasteiger partial charge on any atom is 0.240 e. The van der Waals surface area contributed by atoms with Gasteiger partial charge in [0.05, 0.1) is 9.23 Å². The van der Waals surface area contributed by atoms with E-state index in [0.717, 1.165) is 10.4 Å². The number of thiophene rings is 1. The van der Waals surface area contributed by atoms with Crippen molar-refractivity contribution in [1.29, 1.82) is 0 Å². The van der Waals surface area contributed by atoms with Gasteiger partial charge >= 0.3 is 0 Å². The molecule has 0 saturated heterocycles. The van der Waals surface area contributed by atoms with Gasteiger partial charge in [-0.15, -0.1) is 11.3 Å². The molecule has 1 atom stereocenters. The monoisotopic (exact) mass is 359 g/mol. The highest BCUT2D eigenvalue weighted by atomic mass is 35.5. The minimum atomic E-state index is -3.58. The highest BCUT2D eigenvalue weighted by molar-refractivity contribution is 7.89. The fourth-order valence-corrected chi connectivity index (χ4v) is 4.56. The highest BCUT2D eigenvalue weighted by Gasteiger charge is 2.20. The average Bonchev–Trinajstić information content (AvgIpc) is 2.88. The number of benzene rings is 1. The molecule has 0 radical (unpaired) electrons. The maximum absolute atomic E-state index is 12.5. The normalized spacial score (nSPS) is 13.3. The standard InChI is InChI=1S/C15H18ClNO3S2/c1-10-4-5-11(2)14(8-10)22(18,19)17-9-12(20-3)13-6-7-15(16)21-13/h4-8,12,17H,9H2,1-3H3. The Balaban J connectivity index is 2.16. The third-order valence-corrected chi connectivity index (χ3v) is 6.18. The van der Waals surface area contributed by atoms with Gasteiger partial charge in [0.15, 0.2) is 0 Å². The van der Waals surface area contributed by atoms with Crippen LogP contribution in [0.5, 0.6) is 0 Å². The summed E-state index contributed by atoms with van der Waals surface area (Å²) in [6.45, 7) is 3.80. The third kappa shape index (κ3) is 4.08. The lowest BCUT2D eigenvalue weighted by Crippen LogP contribution is -2.29. The quantitative estimate of drug-likeness (QED) is 0.855. The number of methoxy groups -OCH3 is 1. The number of hydrogen-bond acceptors (Lipinski definition) is 4. The van der Waals surface area contributed by atoms with E-state index in [2.05, 4.69) is 4.72 Å². The van der Waals surface area contributed by atoms with Gasteiger partial charge in [-0.05, 0) is 43.2 Å². The van der Waals surface area contributed by atoms with Crippen LogP contribution in [0.4, 0.5) is 0 Å². The molecule has 2 rings (SSSR count). The van der Waals surface area contributed by atoms with Crippen LogP contribution < -0.4 is 4.72 Å². The number of hydrogen-bond donors (Lipinski definition) is 1. The number of nitrogens with one attached hydrogen (secondary N) is 1. The summed E-state index contributed by atoms with van der Waals surface area (Å²) in [6.07, 6.45) is -0.364. The molecule has 1 N–H and O–H groups in total. The number of halogens is 1. The van der Waals surface area contributed by atoms with Gasteiger partial charge in [0.1, 0.15) is 6.10 Å². The first-order chi connectivity index (χ1) is 10.3. The van der Waals surface area contributed by atoms with E-state index >= 15 is 0 Å². The first-order valence-electron chi connectivity index (χ1n) is 6.68. The van der Waals surface area contributed by atoms with E-state index in [1.165, 1.54) is 11.3 Å². The SMILES string of the molecule is COC(CNS(=O)(=O)c1cc(C)ccc1C)c1ccc(Cl)s1. The molecule has 4 nitrogen and oxygen atoms in total. The molecule has 1 aromatic carbocycles. The summed E-state index contributed by atoms with van der Waals surface area (Å²) in [6, 6.07) is 8.97. The molecule has 2 aromatic rings. The Morgan fingerprint density at radius 2 is 2.00 bits per heavy atom. The van der Waals surface area contributed by atoms with Crippen LogP contribution in [-0.2, 0) is 14.8 Å². The van der Waals surface area contributed by atoms with Crippen LogP contribution in [0.1, 0.15) is 22.1 Å². The second-order valence-electron chi connectivity index (χ2n) is 4.99. The van der Waals surface area contributed by atoms with Crippen LogP contribution in [0.25, 0.3) is 0 Å². The second kappa shape index (κ2) is 7.10. The van der Waals surface area contributed by atoms with Crippen LogP contribution >= 0.6 is 22.9 Å². The summed E-state index contributed by atoms with van der Waals surface area (Å²) < 4.78 is 33.6. The Labute approximate surface area is 140 Å². The van der Waals surface area contributed by atoms with Gasteiger partial charge in [0, 0.05) is 18.5 Å². The Morgan fingerprint density at radius 3 is 2.59 bits per heavy atom. The van der Waals surface area contributed by atoms with Crippen molar-refractivity contribution >= 4 is 33.0 Å². The summed E-state index contributed by atoms with van der Waals surface area (Å²) in [4.78, 5) is 1.18. The lowest BCUT2D eigenvalue weighted by Gasteiger charge is -2.16. The molecule has 0 aliphatic rings. The van der Waals surface area contributed by atoms with Crippen LogP contribution in [0.2, 0.25) is 4.34 Å². The molecule has 1 heterocycles. The second-order valence-corrected chi connectivity index (χ2v) is 8.47. The first kappa shape index (κ1) is 17.4. The van der Waals surface area contributed by atoms with E-state index in [1.807, 2.05) is 19.1 Å². The van der Waals surface area contributed by atoms with Gasteiger partial charge in [0.25, 0.3) is 0 Å². The summed E-state index contributed by atoms with van der Waals surface area (Å²) in [5, 5.41) is 0. The molecular formula is C15H18ClNO3S2. The number of sulfonamides is 1. The zero-order valence-corrected chi connectivity index (χ0v) is 15.0. The molecule has 0 amide bonds. The molecule has 0 spiro atoms. The minimum Gasteiger partial charge on any atom is -0.375 e. The molecule has 120 valence electrons. The summed E-state index contributed by atoms with van der Waals surface area (Å²) in [5.74, 6) is 0. The molecule has 1 unspecified atom stereocenters. The van der Waals surface area contributed by atoms with Gasteiger partial charge in [-0.3, -0.25) is 0 Å². The van der Waals surface area contributed by atoms with Crippen LogP contribution in [-0.4, -0.2) is 22.1 Å². The first-order valence-corrected chi connectivity index (χ1v) is 9.36. The van der Waals surface area contributed by atoms with Crippen molar-refractivity contribution in [3.8, 4) is 0 Å².